The molecule has 154 valence electrons. The fourth-order valence-corrected chi connectivity index (χ4v) is 4.61. The van der Waals surface area contributed by atoms with Crippen molar-refractivity contribution in [3.63, 3.8) is 0 Å². The smallest absolute Gasteiger partial charge is 0.264 e. The van der Waals surface area contributed by atoms with Crippen molar-refractivity contribution < 1.29 is 14.3 Å². The number of hydrogen-bond donors (Lipinski definition) is 1. The number of halogens is 2. The normalized spacial score (nSPS) is 17.5. The maximum Gasteiger partial charge on any atom is 0.264 e. The van der Waals surface area contributed by atoms with Gasteiger partial charge in [0.25, 0.3) is 5.91 Å². The highest BCUT2D eigenvalue weighted by molar-refractivity contribution is 8.05. The summed E-state index contributed by atoms with van der Waals surface area (Å²) in [4.78, 5) is 27.0. The first-order valence-electron chi connectivity index (χ1n) is 8.84. The van der Waals surface area contributed by atoms with Gasteiger partial charge in [-0.3, -0.25) is 14.5 Å². The van der Waals surface area contributed by atoms with E-state index in [0.717, 1.165) is 5.56 Å². The van der Waals surface area contributed by atoms with Crippen molar-refractivity contribution in [1.82, 2.24) is 5.32 Å². The zero-order valence-corrected chi connectivity index (χ0v) is 18.4. The van der Waals surface area contributed by atoms with Crippen molar-refractivity contribution in [2.75, 3.05) is 19.1 Å². The van der Waals surface area contributed by atoms with Gasteiger partial charge in [-0.15, -0.1) is 0 Å². The number of methoxy groups -OCH3 is 1. The summed E-state index contributed by atoms with van der Waals surface area (Å²) in [6.45, 7) is 0. The van der Waals surface area contributed by atoms with Crippen LogP contribution in [0.4, 0.5) is 5.69 Å². The van der Waals surface area contributed by atoms with Gasteiger partial charge >= 0.3 is 0 Å². The number of ether oxygens (including phenoxy) is 1. The molecule has 1 aliphatic rings. The van der Waals surface area contributed by atoms with E-state index in [1.54, 1.807) is 42.5 Å². The molecule has 1 aliphatic heterocycles. The number of thioether (sulfide) groups is 1. The molecule has 2 amide bonds. The number of nitrogens with zero attached hydrogens (tertiary/aromatic N) is 2. The third kappa shape index (κ3) is 4.41. The summed E-state index contributed by atoms with van der Waals surface area (Å²) in [7, 11) is 2.96. The molecule has 3 rings (SSSR count). The molecule has 1 atom stereocenters. The van der Waals surface area contributed by atoms with Gasteiger partial charge in [-0.05, 0) is 36.2 Å². The summed E-state index contributed by atoms with van der Waals surface area (Å²) in [6.07, 6.45) is 0.358. The highest BCUT2D eigenvalue weighted by Crippen LogP contribution is 2.42. The molecule has 1 saturated heterocycles. The summed E-state index contributed by atoms with van der Waals surface area (Å²) >= 11 is 13.3. The number of nitrogens with one attached hydrogen (secondary N) is 1. The maximum absolute atomic E-state index is 13.3. The zero-order chi connectivity index (χ0) is 21.8. The Hall–Kier alpha value is -2.66. The van der Waals surface area contributed by atoms with Gasteiger partial charge in [0.15, 0.2) is 0 Å². The Kier molecular flexibility index (Phi) is 6.93. The average Bonchev–Trinajstić information content (AvgIpc) is 3.06. The number of likely N-dealkylation sites (N-methyl/N-ethyl adjacent to an activating group) is 1. The predicted octanol–water partition coefficient (Wildman–Crippen LogP) is 4.17. The molecule has 0 radical (unpaired) electrons. The van der Waals surface area contributed by atoms with Crippen LogP contribution in [0.2, 0.25) is 10.0 Å². The zero-order valence-electron chi connectivity index (χ0n) is 16.1. The van der Waals surface area contributed by atoms with E-state index in [9.17, 15) is 14.9 Å². The number of hydrogen-bond acceptors (Lipinski definition) is 5. The third-order valence-electron chi connectivity index (χ3n) is 4.45. The van der Waals surface area contributed by atoms with Crippen LogP contribution in [0.25, 0.3) is 0 Å². The molecule has 0 spiro atoms. The summed E-state index contributed by atoms with van der Waals surface area (Å²) in [5.41, 5.74) is 1.20. The van der Waals surface area contributed by atoms with Crippen LogP contribution in [0.5, 0.6) is 5.75 Å². The number of anilines is 1. The first kappa shape index (κ1) is 22.0. The molecule has 1 heterocycles. The number of amides is 2. The van der Waals surface area contributed by atoms with Crippen molar-refractivity contribution in [2.45, 2.75) is 11.7 Å². The lowest BCUT2D eigenvalue weighted by atomic mass is 10.1. The monoisotopic (exact) mass is 461 g/mol. The number of nitriles is 1. The van der Waals surface area contributed by atoms with Crippen LogP contribution in [0.1, 0.15) is 5.56 Å². The Labute approximate surface area is 188 Å². The van der Waals surface area contributed by atoms with Gasteiger partial charge in [-0.1, -0.05) is 47.1 Å². The first-order valence-corrected chi connectivity index (χ1v) is 10.5. The van der Waals surface area contributed by atoms with Crippen LogP contribution in [0.3, 0.4) is 0 Å². The number of benzene rings is 2. The number of carbonyl (C=O) groups is 2. The number of carbonyl (C=O) groups excluding carboxylic acids is 2. The summed E-state index contributed by atoms with van der Waals surface area (Å²) in [6, 6.07) is 14.0. The SMILES string of the molecule is CNC(=O)/C(C#N)=C1\SC(Cc2ccc(Cl)c(Cl)c2)C(=O)N1c1cccc(OC)c1. The lowest BCUT2D eigenvalue weighted by Crippen LogP contribution is -2.31. The molecular formula is C21H17Cl2N3O3S. The first-order chi connectivity index (χ1) is 14.4. The summed E-state index contributed by atoms with van der Waals surface area (Å²) < 4.78 is 5.25. The summed E-state index contributed by atoms with van der Waals surface area (Å²) in [5.74, 6) is -0.252. The van der Waals surface area contributed by atoms with E-state index < -0.39 is 11.2 Å². The van der Waals surface area contributed by atoms with Crippen LogP contribution in [0.15, 0.2) is 53.1 Å². The second kappa shape index (κ2) is 9.43. The lowest BCUT2D eigenvalue weighted by molar-refractivity contribution is -0.117. The van der Waals surface area contributed by atoms with Crippen LogP contribution in [-0.2, 0) is 16.0 Å². The van der Waals surface area contributed by atoms with E-state index in [4.69, 9.17) is 27.9 Å². The van der Waals surface area contributed by atoms with Gasteiger partial charge in [0.1, 0.15) is 22.4 Å². The van der Waals surface area contributed by atoms with Gasteiger partial charge < -0.3 is 10.1 Å². The van der Waals surface area contributed by atoms with Crippen LogP contribution >= 0.6 is 35.0 Å². The molecule has 0 aromatic heterocycles. The molecule has 2 aromatic rings. The van der Waals surface area contributed by atoms with Crippen molar-refractivity contribution in [3.05, 3.63) is 68.7 Å². The minimum absolute atomic E-state index is 0.129. The molecular weight excluding hydrogens is 445 g/mol. The van der Waals surface area contributed by atoms with E-state index in [0.29, 0.717) is 27.9 Å². The van der Waals surface area contributed by atoms with Crippen molar-refractivity contribution in [1.29, 1.82) is 5.26 Å². The van der Waals surface area contributed by atoms with E-state index in [-0.39, 0.29) is 16.5 Å². The van der Waals surface area contributed by atoms with Gasteiger partial charge in [-0.25, -0.2) is 0 Å². The van der Waals surface area contributed by atoms with Gasteiger partial charge in [0, 0.05) is 13.1 Å². The van der Waals surface area contributed by atoms with Crippen molar-refractivity contribution in [2.24, 2.45) is 0 Å². The fourth-order valence-electron chi connectivity index (χ4n) is 2.98. The Morgan fingerprint density at radius 2 is 2.03 bits per heavy atom. The Balaban J connectivity index is 2.05. The van der Waals surface area contributed by atoms with Crippen LogP contribution in [0, 0.1) is 11.3 Å². The van der Waals surface area contributed by atoms with E-state index in [1.165, 1.54) is 30.8 Å². The van der Waals surface area contributed by atoms with E-state index in [2.05, 4.69) is 5.32 Å². The lowest BCUT2D eigenvalue weighted by Gasteiger charge is -2.19. The fraction of sp³-hybridized carbons (Fsp3) is 0.190. The molecule has 1 N–H and O–H groups in total. The Morgan fingerprint density at radius 3 is 2.67 bits per heavy atom. The van der Waals surface area contributed by atoms with Gasteiger partial charge in [0.2, 0.25) is 5.91 Å². The standard InChI is InChI=1S/C21H17Cl2N3O3S/c1-25-19(27)15(11-24)21-26(13-4-3-5-14(10-13)29-2)20(28)18(30-21)9-12-6-7-16(22)17(23)8-12/h3-8,10,18H,9H2,1-2H3,(H,25,27)/b21-15-. The third-order valence-corrected chi connectivity index (χ3v) is 6.45. The molecule has 30 heavy (non-hydrogen) atoms. The predicted molar refractivity (Wildman–Crippen MR) is 119 cm³/mol. The van der Waals surface area contributed by atoms with Crippen molar-refractivity contribution >= 4 is 52.5 Å². The Bertz CT molecular complexity index is 1080. The minimum atomic E-state index is -0.559. The maximum atomic E-state index is 13.3. The minimum Gasteiger partial charge on any atom is -0.497 e. The molecule has 2 aromatic carbocycles. The van der Waals surface area contributed by atoms with Crippen molar-refractivity contribution in [3.8, 4) is 11.8 Å². The summed E-state index contributed by atoms with van der Waals surface area (Å²) in [5, 5.41) is 12.6. The van der Waals surface area contributed by atoms with Crippen LogP contribution < -0.4 is 15.0 Å². The van der Waals surface area contributed by atoms with E-state index in [1.807, 2.05) is 6.07 Å². The molecule has 0 bridgehead atoms. The second-order valence-electron chi connectivity index (χ2n) is 6.31. The highest BCUT2D eigenvalue weighted by Gasteiger charge is 2.40. The topological polar surface area (TPSA) is 82.4 Å². The van der Waals surface area contributed by atoms with Gasteiger partial charge in [-0.2, -0.15) is 5.26 Å². The number of rotatable bonds is 5. The van der Waals surface area contributed by atoms with Crippen LogP contribution in [-0.4, -0.2) is 31.2 Å². The molecule has 0 saturated carbocycles. The molecule has 0 aliphatic carbocycles. The average molecular weight is 462 g/mol. The molecule has 6 nitrogen and oxygen atoms in total. The Morgan fingerprint density at radius 1 is 1.27 bits per heavy atom. The molecule has 9 heteroatoms. The highest BCUT2D eigenvalue weighted by atomic mass is 35.5. The van der Waals surface area contributed by atoms with Gasteiger partial charge in [0.05, 0.1) is 28.1 Å². The molecule has 1 fully saturated rings. The van der Waals surface area contributed by atoms with E-state index >= 15 is 0 Å². The largest absolute Gasteiger partial charge is 0.497 e. The molecule has 1 unspecified atom stereocenters. The second-order valence-corrected chi connectivity index (χ2v) is 8.31. The quantitative estimate of drug-likeness (QED) is 0.533.